The molecule has 0 saturated carbocycles. The number of nitrogens with two attached hydrogens (primary N) is 3. The number of pyridine rings is 1. The van der Waals surface area contributed by atoms with E-state index in [1.54, 1.807) is 6.20 Å². The summed E-state index contributed by atoms with van der Waals surface area (Å²) in [5.74, 6) is 0. The average molecular weight is 305 g/mol. The molecule has 0 aliphatic carbocycles. The van der Waals surface area contributed by atoms with E-state index >= 15 is 0 Å². The van der Waals surface area contributed by atoms with Crippen LogP contribution in [0, 0.1) is 0 Å². The fraction of sp³-hybridized carbons (Fsp3) is 0.0556. The predicted molar refractivity (Wildman–Crippen MR) is 96.7 cm³/mol. The largest absolute Gasteiger partial charge is 0.399 e. The van der Waals surface area contributed by atoms with Crippen LogP contribution in [0.15, 0.2) is 60.9 Å². The minimum atomic E-state index is 0.612. The number of hydrogen-bond acceptors (Lipinski definition) is 5. The van der Waals surface area contributed by atoms with Gasteiger partial charge in [0.2, 0.25) is 0 Å². The molecule has 0 aliphatic heterocycles. The lowest BCUT2D eigenvalue weighted by molar-refractivity contribution is 1.11. The van der Waals surface area contributed by atoms with Crippen LogP contribution in [-0.4, -0.2) is 4.98 Å². The highest BCUT2D eigenvalue weighted by Gasteiger charge is 2.08. The summed E-state index contributed by atoms with van der Waals surface area (Å²) in [6, 6.07) is 15.3. The van der Waals surface area contributed by atoms with E-state index in [0.717, 1.165) is 28.1 Å². The summed E-state index contributed by atoms with van der Waals surface area (Å²) < 4.78 is 0. The zero-order valence-corrected chi connectivity index (χ0v) is 12.7. The van der Waals surface area contributed by atoms with Gasteiger partial charge in [-0.05, 0) is 47.0 Å². The van der Waals surface area contributed by atoms with E-state index in [1.807, 2.05) is 54.7 Å². The first-order valence-electron chi connectivity index (χ1n) is 7.31. The summed E-state index contributed by atoms with van der Waals surface area (Å²) in [4.78, 5) is 4.09. The van der Waals surface area contributed by atoms with Crippen LogP contribution < -0.4 is 22.5 Å². The Balaban J connectivity index is 1.84. The van der Waals surface area contributed by atoms with Crippen molar-refractivity contribution in [3.63, 3.8) is 0 Å². The van der Waals surface area contributed by atoms with Crippen LogP contribution in [-0.2, 0) is 6.54 Å². The Labute approximate surface area is 135 Å². The molecule has 0 radical (unpaired) electrons. The van der Waals surface area contributed by atoms with E-state index in [4.69, 9.17) is 17.2 Å². The maximum absolute atomic E-state index is 6.17. The highest BCUT2D eigenvalue weighted by molar-refractivity contribution is 5.86. The Hall–Kier alpha value is -3.21. The minimum Gasteiger partial charge on any atom is -0.399 e. The number of hydrogen-bond donors (Lipinski definition) is 4. The van der Waals surface area contributed by atoms with Gasteiger partial charge in [-0.2, -0.15) is 0 Å². The molecular formula is C18H19N5. The fourth-order valence-electron chi connectivity index (χ4n) is 2.43. The number of nitrogen functional groups attached to an aromatic ring is 3. The van der Waals surface area contributed by atoms with Gasteiger partial charge >= 0.3 is 0 Å². The molecule has 116 valence electrons. The van der Waals surface area contributed by atoms with Crippen LogP contribution >= 0.6 is 0 Å². The second-order valence-electron chi connectivity index (χ2n) is 5.37. The molecular weight excluding hydrogens is 286 g/mol. The minimum absolute atomic E-state index is 0.612. The zero-order chi connectivity index (χ0) is 16.2. The van der Waals surface area contributed by atoms with Crippen LogP contribution in [0.5, 0.6) is 0 Å². The summed E-state index contributed by atoms with van der Waals surface area (Å²) in [7, 11) is 0. The van der Waals surface area contributed by atoms with Gasteiger partial charge in [0.25, 0.3) is 0 Å². The Morgan fingerprint density at radius 3 is 2.17 bits per heavy atom. The van der Waals surface area contributed by atoms with Crippen molar-refractivity contribution in [2.24, 2.45) is 0 Å². The Morgan fingerprint density at radius 2 is 1.57 bits per heavy atom. The molecule has 2 aromatic carbocycles. The fourth-order valence-corrected chi connectivity index (χ4v) is 2.43. The third kappa shape index (κ3) is 3.35. The van der Waals surface area contributed by atoms with Gasteiger partial charge in [0.05, 0.1) is 17.1 Å². The van der Waals surface area contributed by atoms with Crippen LogP contribution in [0.4, 0.5) is 22.7 Å². The SMILES string of the molecule is Nc1ccc(-c2cc(N)c(NCc3cccnc3)c(N)c2)cc1. The average Bonchev–Trinajstić information content (AvgIpc) is 2.55. The van der Waals surface area contributed by atoms with Gasteiger partial charge < -0.3 is 22.5 Å². The lowest BCUT2D eigenvalue weighted by atomic mass is 10.0. The van der Waals surface area contributed by atoms with Crippen molar-refractivity contribution in [2.75, 3.05) is 22.5 Å². The number of benzene rings is 2. The lowest BCUT2D eigenvalue weighted by Crippen LogP contribution is -2.06. The number of anilines is 4. The maximum Gasteiger partial charge on any atom is 0.0810 e. The quantitative estimate of drug-likeness (QED) is 0.555. The topological polar surface area (TPSA) is 103 Å². The Morgan fingerprint density at radius 1 is 0.870 bits per heavy atom. The normalized spacial score (nSPS) is 10.4. The number of rotatable bonds is 4. The van der Waals surface area contributed by atoms with E-state index in [1.165, 1.54) is 0 Å². The Bertz CT molecular complexity index is 774. The van der Waals surface area contributed by atoms with E-state index in [9.17, 15) is 0 Å². The van der Waals surface area contributed by atoms with Gasteiger partial charge in [-0.1, -0.05) is 18.2 Å². The summed E-state index contributed by atoms with van der Waals surface area (Å²) in [6.07, 6.45) is 3.55. The van der Waals surface area contributed by atoms with Crippen LogP contribution in [0.3, 0.4) is 0 Å². The molecule has 23 heavy (non-hydrogen) atoms. The third-order valence-electron chi connectivity index (χ3n) is 3.64. The number of nitrogens with one attached hydrogen (secondary N) is 1. The van der Waals surface area contributed by atoms with Crippen molar-refractivity contribution in [1.82, 2.24) is 4.98 Å². The molecule has 5 heteroatoms. The summed E-state index contributed by atoms with van der Waals surface area (Å²) in [5, 5.41) is 3.28. The molecule has 3 aromatic rings. The highest BCUT2D eigenvalue weighted by atomic mass is 14.9. The second-order valence-corrected chi connectivity index (χ2v) is 5.37. The van der Waals surface area contributed by atoms with Crippen molar-refractivity contribution in [1.29, 1.82) is 0 Å². The third-order valence-corrected chi connectivity index (χ3v) is 3.64. The number of nitrogens with zero attached hydrogens (tertiary/aromatic N) is 1. The monoisotopic (exact) mass is 305 g/mol. The van der Waals surface area contributed by atoms with E-state index < -0.39 is 0 Å². The van der Waals surface area contributed by atoms with Gasteiger partial charge in [0, 0.05) is 24.6 Å². The standard InChI is InChI=1S/C18H19N5/c19-15-5-3-13(4-6-15)14-8-16(20)18(17(21)9-14)23-11-12-2-1-7-22-10-12/h1-10,23H,11,19-21H2. The smallest absolute Gasteiger partial charge is 0.0810 e. The van der Waals surface area contributed by atoms with Gasteiger partial charge in [-0.3, -0.25) is 4.98 Å². The first-order chi connectivity index (χ1) is 11.1. The molecule has 0 fully saturated rings. The molecule has 0 atom stereocenters. The molecule has 5 nitrogen and oxygen atoms in total. The molecule has 1 aromatic heterocycles. The first kappa shape index (κ1) is 14.7. The van der Waals surface area contributed by atoms with Crippen molar-refractivity contribution in [2.45, 2.75) is 6.54 Å². The van der Waals surface area contributed by atoms with E-state index in [0.29, 0.717) is 17.9 Å². The summed E-state index contributed by atoms with van der Waals surface area (Å²) in [5.41, 5.74) is 23.8. The first-order valence-corrected chi connectivity index (χ1v) is 7.31. The summed E-state index contributed by atoms with van der Waals surface area (Å²) in [6.45, 7) is 0.615. The molecule has 0 amide bonds. The van der Waals surface area contributed by atoms with Crippen LogP contribution in [0.2, 0.25) is 0 Å². The molecule has 0 spiro atoms. The molecule has 7 N–H and O–H groups in total. The van der Waals surface area contributed by atoms with Crippen molar-refractivity contribution in [3.8, 4) is 11.1 Å². The van der Waals surface area contributed by atoms with Crippen molar-refractivity contribution < 1.29 is 0 Å². The van der Waals surface area contributed by atoms with Crippen molar-refractivity contribution >= 4 is 22.7 Å². The van der Waals surface area contributed by atoms with Crippen LogP contribution in [0.25, 0.3) is 11.1 Å². The molecule has 0 aliphatic rings. The van der Waals surface area contributed by atoms with Gasteiger partial charge in [-0.25, -0.2) is 0 Å². The van der Waals surface area contributed by atoms with E-state index in [2.05, 4.69) is 10.3 Å². The van der Waals surface area contributed by atoms with Gasteiger partial charge in [-0.15, -0.1) is 0 Å². The predicted octanol–water partition coefficient (Wildman–Crippen LogP) is 3.11. The molecule has 0 bridgehead atoms. The molecule has 0 unspecified atom stereocenters. The number of aromatic nitrogens is 1. The van der Waals surface area contributed by atoms with Crippen molar-refractivity contribution in [3.05, 3.63) is 66.5 Å². The van der Waals surface area contributed by atoms with Crippen LogP contribution in [0.1, 0.15) is 5.56 Å². The summed E-state index contributed by atoms with van der Waals surface area (Å²) >= 11 is 0. The molecule has 1 heterocycles. The molecule has 3 rings (SSSR count). The maximum atomic E-state index is 6.17. The highest BCUT2D eigenvalue weighted by Crippen LogP contribution is 2.33. The van der Waals surface area contributed by atoms with Gasteiger partial charge in [0.15, 0.2) is 0 Å². The second kappa shape index (κ2) is 6.27. The van der Waals surface area contributed by atoms with E-state index in [-0.39, 0.29) is 0 Å². The zero-order valence-electron chi connectivity index (χ0n) is 12.7. The van der Waals surface area contributed by atoms with Gasteiger partial charge in [0.1, 0.15) is 0 Å². The lowest BCUT2D eigenvalue weighted by Gasteiger charge is -2.14. The Kier molecular flexibility index (Phi) is 4.01. The molecule has 0 saturated heterocycles.